The molecule has 0 aliphatic rings. The molecule has 2 rings (SSSR count). The molecule has 0 bridgehead atoms. The zero-order valence-electron chi connectivity index (χ0n) is 16.4. The molecular weight excluding hydrogens is 400 g/mol. The van der Waals surface area contributed by atoms with Crippen molar-refractivity contribution in [3.05, 3.63) is 58.6 Å². The third-order valence-corrected chi connectivity index (χ3v) is 5.78. The van der Waals surface area contributed by atoms with Crippen LogP contribution in [0.3, 0.4) is 0 Å². The third kappa shape index (κ3) is 5.17. The highest BCUT2D eigenvalue weighted by Crippen LogP contribution is 2.29. The Bertz CT molecular complexity index is 947. The van der Waals surface area contributed by atoms with Crippen molar-refractivity contribution in [3.8, 4) is 5.75 Å². The molecule has 1 N–H and O–H groups in total. The van der Waals surface area contributed by atoms with Gasteiger partial charge in [0.25, 0.3) is 0 Å². The van der Waals surface area contributed by atoms with E-state index in [0.29, 0.717) is 28.4 Å². The lowest BCUT2D eigenvalue weighted by molar-refractivity contribution is -0.122. The van der Waals surface area contributed by atoms with Crippen molar-refractivity contribution >= 4 is 33.2 Å². The van der Waals surface area contributed by atoms with E-state index in [2.05, 4.69) is 5.32 Å². The number of carbonyl (C=O) groups excluding carboxylic acids is 1. The van der Waals surface area contributed by atoms with Crippen molar-refractivity contribution in [1.82, 2.24) is 5.32 Å². The summed E-state index contributed by atoms with van der Waals surface area (Å²) in [5.74, 6) is 0.264. The summed E-state index contributed by atoms with van der Waals surface area (Å²) in [6.07, 6.45) is 1.39. The van der Waals surface area contributed by atoms with E-state index in [1.807, 2.05) is 18.2 Å². The number of para-hydroxylation sites is 1. The molecule has 2 aromatic carbocycles. The van der Waals surface area contributed by atoms with Crippen LogP contribution in [0.15, 0.2) is 42.5 Å². The summed E-state index contributed by atoms with van der Waals surface area (Å²) in [6, 6.07) is 11.4. The zero-order chi connectivity index (χ0) is 20.9. The third-order valence-electron chi connectivity index (χ3n) is 4.38. The fourth-order valence-corrected chi connectivity index (χ4v) is 4.43. The Morgan fingerprint density at radius 1 is 1.25 bits per heavy atom. The molecule has 0 fully saturated rings. The van der Waals surface area contributed by atoms with Gasteiger partial charge in [-0.05, 0) is 37.1 Å². The predicted molar refractivity (Wildman–Crippen MR) is 112 cm³/mol. The molecule has 28 heavy (non-hydrogen) atoms. The lowest BCUT2D eigenvalue weighted by Crippen LogP contribution is -2.49. The highest BCUT2D eigenvalue weighted by molar-refractivity contribution is 7.92. The Labute approximate surface area is 171 Å². The lowest BCUT2D eigenvalue weighted by Gasteiger charge is -2.31. The first-order chi connectivity index (χ1) is 13.2. The van der Waals surface area contributed by atoms with E-state index >= 15 is 0 Å². The number of rotatable bonds is 8. The van der Waals surface area contributed by atoms with Gasteiger partial charge in [0.1, 0.15) is 11.8 Å². The molecule has 1 atom stereocenters. The Morgan fingerprint density at radius 3 is 2.54 bits per heavy atom. The number of aryl methyl sites for hydroxylation is 1. The van der Waals surface area contributed by atoms with Crippen LogP contribution in [-0.2, 0) is 21.4 Å². The number of carbonyl (C=O) groups is 1. The topological polar surface area (TPSA) is 75.7 Å². The second-order valence-corrected chi connectivity index (χ2v) is 8.74. The van der Waals surface area contributed by atoms with Crippen molar-refractivity contribution in [3.63, 3.8) is 0 Å². The average Bonchev–Trinajstić information content (AvgIpc) is 2.65. The van der Waals surface area contributed by atoms with Gasteiger partial charge in [0.05, 0.1) is 19.1 Å². The smallest absolute Gasteiger partial charge is 0.244 e. The second-order valence-electron chi connectivity index (χ2n) is 6.44. The van der Waals surface area contributed by atoms with Crippen LogP contribution in [0.5, 0.6) is 5.75 Å². The number of nitrogens with one attached hydrogen (secondary N) is 1. The van der Waals surface area contributed by atoms with Crippen molar-refractivity contribution < 1.29 is 17.9 Å². The van der Waals surface area contributed by atoms with Gasteiger partial charge in [0.2, 0.25) is 15.9 Å². The summed E-state index contributed by atoms with van der Waals surface area (Å²) in [5, 5.41) is 3.22. The first-order valence-electron chi connectivity index (χ1n) is 8.84. The van der Waals surface area contributed by atoms with Crippen molar-refractivity contribution in [2.45, 2.75) is 32.9 Å². The summed E-state index contributed by atoms with van der Waals surface area (Å²) in [5.41, 5.74) is 1.91. The monoisotopic (exact) mass is 424 g/mol. The number of hydrogen-bond acceptors (Lipinski definition) is 4. The van der Waals surface area contributed by atoms with Crippen molar-refractivity contribution in [2.24, 2.45) is 0 Å². The molecule has 0 saturated carbocycles. The molecule has 0 radical (unpaired) electrons. The minimum atomic E-state index is -3.72. The SMILES string of the molecule is CCC(C(=O)NCc1ccccc1OC)N(c1cc(Cl)ccc1C)S(C)(=O)=O. The van der Waals surface area contributed by atoms with Crippen LogP contribution in [0.4, 0.5) is 5.69 Å². The zero-order valence-corrected chi connectivity index (χ0v) is 18.0. The van der Waals surface area contributed by atoms with E-state index in [9.17, 15) is 13.2 Å². The van der Waals surface area contributed by atoms with E-state index in [1.54, 1.807) is 45.2 Å². The van der Waals surface area contributed by atoms with Crippen LogP contribution in [-0.4, -0.2) is 33.7 Å². The second kappa shape index (κ2) is 9.30. The summed E-state index contributed by atoms with van der Waals surface area (Å²) >= 11 is 6.08. The average molecular weight is 425 g/mol. The molecule has 0 heterocycles. The van der Waals surface area contributed by atoms with Gasteiger partial charge in [-0.2, -0.15) is 0 Å². The van der Waals surface area contributed by atoms with Gasteiger partial charge in [-0.15, -0.1) is 0 Å². The molecular formula is C20H25ClN2O4S. The van der Waals surface area contributed by atoms with Gasteiger partial charge >= 0.3 is 0 Å². The quantitative estimate of drug-likeness (QED) is 0.703. The van der Waals surface area contributed by atoms with Gasteiger partial charge in [0.15, 0.2) is 0 Å². The van der Waals surface area contributed by atoms with Crippen molar-refractivity contribution in [2.75, 3.05) is 17.7 Å². The van der Waals surface area contributed by atoms with Crippen LogP contribution in [0.25, 0.3) is 0 Å². The minimum Gasteiger partial charge on any atom is -0.496 e. The normalized spacial score (nSPS) is 12.3. The maximum atomic E-state index is 12.9. The molecule has 6 nitrogen and oxygen atoms in total. The summed E-state index contributed by atoms with van der Waals surface area (Å²) < 4.78 is 31.6. The summed E-state index contributed by atoms with van der Waals surface area (Å²) in [6.45, 7) is 3.78. The Hall–Kier alpha value is -2.25. The molecule has 0 spiro atoms. The van der Waals surface area contributed by atoms with Crippen LogP contribution < -0.4 is 14.4 Å². The Balaban J connectivity index is 2.33. The molecule has 0 aliphatic carbocycles. The van der Waals surface area contributed by atoms with Crippen LogP contribution in [0.1, 0.15) is 24.5 Å². The molecule has 152 valence electrons. The Kier molecular flexibility index (Phi) is 7.32. The summed E-state index contributed by atoms with van der Waals surface area (Å²) in [7, 11) is -2.16. The van der Waals surface area contributed by atoms with E-state index in [0.717, 1.165) is 16.1 Å². The van der Waals surface area contributed by atoms with E-state index in [1.165, 1.54) is 0 Å². The predicted octanol–water partition coefficient (Wildman–Crippen LogP) is 3.52. The van der Waals surface area contributed by atoms with Crippen LogP contribution in [0.2, 0.25) is 5.02 Å². The minimum absolute atomic E-state index is 0.228. The van der Waals surface area contributed by atoms with E-state index < -0.39 is 22.0 Å². The molecule has 1 unspecified atom stereocenters. The number of sulfonamides is 1. The summed E-state index contributed by atoms with van der Waals surface area (Å²) in [4.78, 5) is 12.9. The molecule has 0 saturated heterocycles. The Morgan fingerprint density at radius 2 is 1.93 bits per heavy atom. The molecule has 0 aromatic heterocycles. The number of nitrogens with zero attached hydrogens (tertiary/aromatic N) is 1. The number of benzene rings is 2. The van der Waals surface area contributed by atoms with Crippen molar-refractivity contribution in [1.29, 1.82) is 0 Å². The van der Waals surface area contributed by atoms with E-state index in [-0.39, 0.29) is 6.54 Å². The van der Waals surface area contributed by atoms with Crippen LogP contribution in [0, 0.1) is 6.92 Å². The molecule has 1 amide bonds. The largest absolute Gasteiger partial charge is 0.496 e. The number of hydrogen-bond donors (Lipinski definition) is 1. The standard InChI is InChI=1S/C20H25ClN2O4S/c1-5-17(20(24)22-13-15-8-6-7-9-19(15)27-3)23(28(4,25)26)18-12-16(21)11-10-14(18)2/h6-12,17H,5,13H2,1-4H3,(H,22,24). The van der Waals surface area contributed by atoms with Gasteiger partial charge in [0, 0.05) is 17.1 Å². The number of amides is 1. The van der Waals surface area contributed by atoms with Gasteiger partial charge in [-0.25, -0.2) is 8.42 Å². The fourth-order valence-electron chi connectivity index (χ4n) is 3.00. The lowest BCUT2D eigenvalue weighted by atomic mass is 10.1. The molecule has 8 heteroatoms. The van der Waals surface area contributed by atoms with Gasteiger partial charge in [-0.1, -0.05) is 42.8 Å². The first kappa shape index (κ1) is 22.0. The highest BCUT2D eigenvalue weighted by atomic mass is 35.5. The number of anilines is 1. The fraction of sp³-hybridized carbons (Fsp3) is 0.350. The van der Waals surface area contributed by atoms with Crippen LogP contribution >= 0.6 is 11.6 Å². The number of ether oxygens (including phenoxy) is 1. The first-order valence-corrected chi connectivity index (χ1v) is 11.1. The molecule has 2 aromatic rings. The molecule has 0 aliphatic heterocycles. The maximum Gasteiger partial charge on any atom is 0.244 e. The number of methoxy groups -OCH3 is 1. The maximum absolute atomic E-state index is 12.9. The number of halogens is 1. The van der Waals surface area contributed by atoms with Gasteiger partial charge < -0.3 is 10.1 Å². The van der Waals surface area contributed by atoms with E-state index in [4.69, 9.17) is 16.3 Å². The van der Waals surface area contributed by atoms with Gasteiger partial charge in [-0.3, -0.25) is 9.10 Å². The highest BCUT2D eigenvalue weighted by Gasteiger charge is 2.32.